The van der Waals surface area contributed by atoms with Crippen molar-refractivity contribution in [2.24, 2.45) is 0 Å². The molecule has 0 aliphatic carbocycles. The highest BCUT2D eigenvalue weighted by Crippen LogP contribution is 2.24. The van der Waals surface area contributed by atoms with Crippen LogP contribution in [0.5, 0.6) is 0 Å². The molecule has 1 aliphatic heterocycles. The molecule has 1 aliphatic rings. The Morgan fingerprint density at radius 1 is 1.10 bits per heavy atom. The summed E-state index contributed by atoms with van der Waals surface area (Å²) in [4.78, 5) is 19.2. The van der Waals surface area contributed by atoms with E-state index < -0.39 is 10.0 Å². The standard InChI is InChI=1S/C20H24N6O4S/c1-14-19(16(3)30-23-14)31(28,29)25-10-6-9-24(11-12-25)20(27)17-13-22-26(15(17)2)18-7-4-5-8-21-18/h4-5,7-8,13H,6,9-12H2,1-3H3. The van der Waals surface area contributed by atoms with Gasteiger partial charge in [-0.25, -0.2) is 18.1 Å². The topological polar surface area (TPSA) is 114 Å². The molecule has 0 atom stereocenters. The molecule has 10 nitrogen and oxygen atoms in total. The Morgan fingerprint density at radius 2 is 1.90 bits per heavy atom. The van der Waals surface area contributed by atoms with Crippen LogP contribution in [0.4, 0.5) is 0 Å². The Bertz CT molecular complexity index is 1180. The van der Waals surface area contributed by atoms with E-state index in [-0.39, 0.29) is 29.7 Å². The molecule has 1 amide bonds. The van der Waals surface area contributed by atoms with Crippen molar-refractivity contribution >= 4 is 15.9 Å². The van der Waals surface area contributed by atoms with Crippen LogP contribution in [0.3, 0.4) is 0 Å². The first-order chi connectivity index (χ1) is 14.8. The van der Waals surface area contributed by atoms with Gasteiger partial charge in [-0.2, -0.15) is 9.40 Å². The SMILES string of the molecule is Cc1noc(C)c1S(=O)(=O)N1CCCN(C(=O)c2cnn(-c3ccccn3)c2C)CC1. The maximum absolute atomic E-state index is 13.2. The summed E-state index contributed by atoms with van der Waals surface area (Å²) < 4.78 is 34.3. The first kappa shape index (κ1) is 21.2. The Hall–Kier alpha value is -3.05. The van der Waals surface area contributed by atoms with Gasteiger partial charge in [-0.15, -0.1) is 0 Å². The normalized spacial score (nSPS) is 15.8. The lowest BCUT2D eigenvalue weighted by Gasteiger charge is -2.21. The lowest BCUT2D eigenvalue weighted by molar-refractivity contribution is 0.0763. The molecule has 0 aromatic carbocycles. The lowest BCUT2D eigenvalue weighted by atomic mass is 10.2. The number of nitrogens with zero attached hydrogens (tertiary/aromatic N) is 6. The zero-order valence-corrected chi connectivity index (χ0v) is 18.5. The smallest absolute Gasteiger partial charge is 0.257 e. The number of hydrogen-bond acceptors (Lipinski definition) is 7. The molecular formula is C20H24N6O4S. The van der Waals surface area contributed by atoms with Gasteiger partial charge >= 0.3 is 0 Å². The van der Waals surface area contributed by atoms with Crippen molar-refractivity contribution in [2.45, 2.75) is 32.1 Å². The van der Waals surface area contributed by atoms with E-state index in [1.807, 2.05) is 25.1 Å². The second-order valence-corrected chi connectivity index (χ2v) is 9.32. The van der Waals surface area contributed by atoms with Gasteiger partial charge in [0.2, 0.25) is 10.0 Å². The Labute approximate surface area is 180 Å². The van der Waals surface area contributed by atoms with Crippen LogP contribution in [0.25, 0.3) is 5.82 Å². The van der Waals surface area contributed by atoms with E-state index in [4.69, 9.17) is 4.52 Å². The van der Waals surface area contributed by atoms with Crippen LogP contribution >= 0.6 is 0 Å². The van der Waals surface area contributed by atoms with E-state index in [0.29, 0.717) is 42.3 Å². The molecule has 3 aromatic heterocycles. The number of pyridine rings is 1. The zero-order valence-electron chi connectivity index (χ0n) is 17.6. The molecule has 31 heavy (non-hydrogen) atoms. The van der Waals surface area contributed by atoms with Crippen LogP contribution in [-0.2, 0) is 10.0 Å². The van der Waals surface area contributed by atoms with Crippen molar-refractivity contribution < 1.29 is 17.7 Å². The Kier molecular flexibility index (Phi) is 5.63. The molecule has 0 unspecified atom stereocenters. The minimum Gasteiger partial charge on any atom is -0.360 e. The summed E-state index contributed by atoms with van der Waals surface area (Å²) in [6.45, 7) is 6.28. The van der Waals surface area contributed by atoms with Gasteiger partial charge < -0.3 is 9.42 Å². The van der Waals surface area contributed by atoms with Crippen molar-refractivity contribution in [2.75, 3.05) is 26.2 Å². The van der Waals surface area contributed by atoms with Crippen LogP contribution in [0.2, 0.25) is 0 Å². The molecule has 0 saturated carbocycles. The fourth-order valence-corrected chi connectivity index (χ4v) is 5.57. The van der Waals surface area contributed by atoms with E-state index in [0.717, 1.165) is 0 Å². The van der Waals surface area contributed by atoms with Crippen molar-refractivity contribution in [3.63, 3.8) is 0 Å². The fraction of sp³-hybridized carbons (Fsp3) is 0.400. The molecule has 164 valence electrons. The van der Waals surface area contributed by atoms with Gasteiger partial charge in [-0.3, -0.25) is 4.79 Å². The van der Waals surface area contributed by atoms with E-state index >= 15 is 0 Å². The molecule has 1 saturated heterocycles. The summed E-state index contributed by atoms with van der Waals surface area (Å²) in [6.07, 6.45) is 3.73. The number of carbonyl (C=O) groups is 1. The van der Waals surface area contributed by atoms with Gasteiger partial charge in [-0.1, -0.05) is 11.2 Å². The van der Waals surface area contributed by atoms with Crippen molar-refractivity contribution in [3.8, 4) is 5.82 Å². The fourth-order valence-electron chi connectivity index (χ4n) is 3.81. The quantitative estimate of drug-likeness (QED) is 0.602. The van der Waals surface area contributed by atoms with Gasteiger partial charge in [0, 0.05) is 32.4 Å². The number of aryl methyl sites for hydroxylation is 2. The lowest BCUT2D eigenvalue weighted by Crippen LogP contribution is -2.37. The van der Waals surface area contributed by atoms with E-state index in [9.17, 15) is 13.2 Å². The van der Waals surface area contributed by atoms with E-state index in [1.54, 1.807) is 29.6 Å². The summed E-state index contributed by atoms with van der Waals surface area (Å²) in [5, 5.41) is 8.08. The van der Waals surface area contributed by atoms with Crippen LogP contribution in [-0.4, -0.2) is 69.6 Å². The second-order valence-electron chi connectivity index (χ2n) is 7.45. The molecule has 0 spiro atoms. The number of rotatable bonds is 4. The Balaban J connectivity index is 1.52. The van der Waals surface area contributed by atoms with Gasteiger partial charge in [0.05, 0.1) is 17.5 Å². The number of amides is 1. The van der Waals surface area contributed by atoms with Crippen molar-refractivity contribution in [1.82, 2.24) is 29.1 Å². The monoisotopic (exact) mass is 444 g/mol. The van der Waals surface area contributed by atoms with E-state index in [1.165, 1.54) is 10.5 Å². The van der Waals surface area contributed by atoms with Crippen molar-refractivity contribution in [3.05, 3.63) is 53.3 Å². The van der Waals surface area contributed by atoms with Crippen LogP contribution in [0.1, 0.15) is 33.9 Å². The third kappa shape index (κ3) is 3.86. The molecule has 0 N–H and O–H groups in total. The minimum absolute atomic E-state index is 0.111. The third-order valence-corrected chi connectivity index (χ3v) is 7.56. The number of hydrogen-bond donors (Lipinski definition) is 0. The van der Waals surface area contributed by atoms with Gasteiger partial charge in [0.15, 0.2) is 11.6 Å². The maximum Gasteiger partial charge on any atom is 0.257 e. The summed E-state index contributed by atoms with van der Waals surface area (Å²) >= 11 is 0. The highest BCUT2D eigenvalue weighted by Gasteiger charge is 2.33. The second kappa shape index (κ2) is 8.23. The summed E-state index contributed by atoms with van der Waals surface area (Å²) in [5.74, 6) is 0.732. The molecular weight excluding hydrogens is 420 g/mol. The summed E-state index contributed by atoms with van der Waals surface area (Å²) in [5.41, 5.74) is 1.51. The first-order valence-corrected chi connectivity index (χ1v) is 11.4. The summed E-state index contributed by atoms with van der Waals surface area (Å²) in [7, 11) is -3.74. The average Bonchev–Trinajstić information content (AvgIpc) is 3.18. The molecule has 4 heterocycles. The molecule has 1 fully saturated rings. The highest BCUT2D eigenvalue weighted by atomic mass is 32.2. The number of aromatic nitrogens is 4. The summed E-state index contributed by atoms with van der Waals surface area (Å²) in [6, 6.07) is 5.49. The molecule has 0 radical (unpaired) electrons. The van der Waals surface area contributed by atoms with Crippen LogP contribution < -0.4 is 0 Å². The third-order valence-electron chi connectivity index (χ3n) is 5.41. The predicted octanol–water partition coefficient (Wildman–Crippen LogP) is 1.72. The largest absolute Gasteiger partial charge is 0.360 e. The van der Waals surface area contributed by atoms with Crippen LogP contribution in [0, 0.1) is 20.8 Å². The molecule has 0 bridgehead atoms. The van der Waals surface area contributed by atoms with Crippen LogP contribution in [0.15, 0.2) is 40.0 Å². The molecule has 11 heteroatoms. The van der Waals surface area contributed by atoms with Gasteiger partial charge in [0.25, 0.3) is 5.91 Å². The Morgan fingerprint density at radius 3 is 2.58 bits per heavy atom. The van der Waals surface area contributed by atoms with Gasteiger partial charge in [-0.05, 0) is 39.3 Å². The van der Waals surface area contributed by atoms with E-state index in [2.05, 4.69) is 15.2 Å². The minimum atomic E-state index is -3.74. The number of carbonyl (C=O) groups excluding carboxylic acids is 1. The van der Waals surface area contributed by atoms with Crippen molar-refractivity contribution in [1.29, 1.82) is 0 Å². The zero-order chi connectivity index (χ0) is 22.2. The molecule has 4 rings (SSSR count). The maximum atomic E-state index is 13.2. The number of sulfonamides is 1. The van der Waals surface area contributed by atoms with Gasteiger partial charge in [0.1, 0.15) is 10.6 Å². The molecule has 3 aromatic rings. The highest BCUT2D eigenvalue weighted by molar-refractivity contribution is 7.89. The first-order valence-electron chi connectivity index (χ1n) is 9.99. The predicted molar refractivity (Wildman–Crippen MR) is 111 cm³/mol. The average molecular weight is 445 g/mol.